The van der Waals surface area contributed by atoms with E-state index in [9.17, 15) is 14.0 Å². The Morgan fingerprint density at radius 1 is 1.00 bits per heavy atom. The third kappa shape index (κ3) is 4.65. The van der Waals surface area contributed by atoms with Gasteiger partial charge in [0.05, 0.1) is 6.20 Å². The first-order chi connectivity index (χ1) is 15.0. The van der Waals surface area contributed by atoms with Crippen LogP contribution in [0.2, 0.25) is 0 Å². The predicted octanol–water partition coefficient (Wildman–Crippen LogP) is 4.69. The summed E-state index contributed by atoms with van der Waals surface area (Å²) in [6.45, 7) is 0. The van der Waals surface area contributed by atoms with Crippen molar-refractivity contribution in [2.45, 2.75) is 5.16 Å². The molecule has 0 spiro atoms. The van der Waals surface area contributed by atoms with Crippen LogP contribution in [0.4, 0.5) is 15.2 Å². The number of carbonyl (C=O) groups excluding carboxylic acids is 2. The number of hydrogen-bond donors (Lipinski definition) is 2. The van der Waals surface area contributed by atoms with Crippen LogP contribution in [0.3, 0.4) is 0 Å². The second-order valence-corrected chi connectivity index (χ2v) is 7.93. The van der Waals surface area contributed by atoms with Crippen LogP contribution >= 0.6 is 23.1 Å². The fraction of sp³-hybridized carbons (Fsp3) is 0.0476. The normalized spacial score (nSPS) is 10.6. The van der Waals surface area contributed by atoms with E-state index in [0.717, 1.165) is 0 Å². The number of imidazole rings is 1. The first-order valence-corrected chi connectivity index (χ1v) is 11.2. The molecule has 0 aliphatic rings. The molecule has 2 heterocycles. The molecule has 0 radical (unpaired) electrons. The Labute approximate surface area is 185 Å². The number of amides is 2. The number of nitrogens with zero attached hydrogens (tertiary/aromatic N) is 3. The Bertz CT molecular complexity index is 1210. The Hall–Kier alpha value is -3.50. The highest BCUT2D eigenvalue weighted by Gasteiger charge is 2.18. The van der Waals surface area contributed by atoms with Gasteiger partial charge in [-0.1, -0.05) is 11.8 Å². The molecule has 2 amide bonds. The van der Waals surface area contributed by atoms with Crippen molar-refractivity contribution in [3.8, 4) is 5.69 Å². The van der Waals surface area contributed by atoms with Gasteiger partial charge in [-0.15, -0.1) is 11.3 Å². The molecule has 0 aliphatic carbocycles. The fourth-order valence-electron chi connectivity index (χ4n) is 2.83. The molecule has 2 aromatic heterocycles. The summed E-state index contributed by atoms with van der Waals surface area (Å²) in [6, 6.07) is 12.3. The van der Waals surface area contributed by atoms with Crippen LogP contribution in [0, 0.1) is 5.82 Å². The number of hydrogen-bond acceptors (Lipinski definition) is 6. The van der Waals surface area contributed by atoms with Crippen LogP contribution in [-0.2, 0) is 0 Å². The van der Waals surface area contributed by atoms with Gasteiger partial charge in [0, 0.05) is 28.5 Å². The molecule has 0 aliphatic heterocycles. The number of carbonyl (C=O) groups is 2. The van der Waals surface area contributed by atoms with E-state index in [1.165, 1.54) is 41.4 Å². The van der Waals surface area contributed by atoms with Gasteiger partial charge in [-0.05, 0) is 54.8 Å². The standard InChI is InChI=1S/C21H16FN5O2S2/c1-30-21-24-12-17(27(21)16-8-4-14(22)5-9-16)19(29)25-15-6-2-13(3-7-15)18(28)26-20-23-10-11-31-20/h2-12H,1H3,(H,25,29)(H,23,26,28). The van der Waals surface area contributed by atoms with Gasteiger partial charge in [0.25, 0.3) is 11.8 Å². The Morgan fingerprint density at radius 3 is 2.39 bits per heavy atom. The van der Waals surface area contributed by atoms with Crippen molar-refractivity contribution in [2.75, 3.05) is 16.9 Å². The third-order valence-corrected chi connectivity index (χ3v) is 5.63. The molecule has 0 saturated carbocycles. The second kappa shape index (κ2) is 9.11. The highest BCUT2D eigenvalue weighted by molar-refractivity contribution is 7.98. The maximum absolute atomic E-state index is 13.3. The van der Waals surface area contributed by atoms with E-state index in [-0.39, 0.29) is 17.6 Å². The van der Waals surface area contributed by atoms with Crippen LogP contribution in [0.15, 0.2) is 71.5 Å². The van der Waals surface area contributed by atoms with Crippen molar-refractivity contribution >= 4 is 45.7 Å². The average molecular weight is 454 g/mol. The van der Waals surface area contributed by atoms with E-state index in [0.29, 0.717) is 32.9 Å². The Morgan fingerprint density at radius 2 is 1.74 bits per heavy atom. The summed E-state index contributed by atoms with van der Waals surface area (Å²) in [5.41, 5.74) is 1.90. The zero-order chi connectivity index (χ0) is 21.8. The smallest absolute Gasteiger partial charge is 0.274 e. The molecule has 0 unspecified atom stereocenters. The minimum absolute atomic E-state index is 0.285. The molecule has 2 N–H and O–H groups in total. The molecule has 0 saturated heterocycles. The minimum Gasteiger partial charge on any atom is -0.321 e. The van der Waals surface area contributed by atoms with Gasteiger partial charge in [-0.3, -0.25) is 19.5 Å². The molecule has 2 aromatic carbocycles. The lowest BCUT2D eigenvalue weighted by molar-refractivity contribution is 0.101. The number of anilines is 2. The van der Waals surface area contributed by atoms with Crippen molar-refractivity contribution in [3.63, 3.8) is 0 Å². The molecule has 7 nitrogen and oxygen atoms in total. The molecule has 0 atom stereocenters. The van der Waals surface area contributed by atoms with Crippen molar-refractivity contribution < 1.29 is 14.0 Å². The summed E-state index contributed by atoms with van der Waals surface area (Å²) < 4.78 is 15.0. The maximum atomic E-state index is 13.3. The zero-order valence-electron chi connectivity index (χ0n) is 16.2. The number of thiazole rings is 1. The van der Waals surface area contributed by atoms with E-state index in [1.807, 2.05) is 6.26 Å². The van der Waals surface area contributed by atoms with Gasteiger partial charge in [-0.2, -0.15) is 0 Å². The van der Waals surface area contributed by atoms with Crippen molar-refractivity contribution in [1.29, 1.82) is 0 Å². The predicted molar refractivity (Wildman–Crippen MR) is 120 cm³/mol. The molecule has 10 heteroatoms. The first kappa shape index (κ1) is 20.8. The van der Waals surface area contributed by atoms with Crippen LogP contribution in [0.1, 0.15) is 20.8 Å². The third-order valence-electron chi connectivity index (χ3n) is 4.29. The SMILES string of the molecule is CSc1ncc(C(=O)Nc2ccc(C(=O)Nc3nccs3)cc2)n1-c1ccc(F)cc1. The first-order valence-electron chi connectivity index (χ1n) is 9.05. The van der Waals surface area contributed by atoms with Crippen LogP contribution in [0.25, 0.3) is 5.69 Å². The molecular weight excluding hydrogens is 437 g/mol. The van der Waals surface area contributed by atoms with Crippen molar-refractivity contribution in [3.05, 3.63) is 83.4 Å². The number of rotatable bonds is 6. The number of halogens is 1. The van der Waals surface area contributed by atoms with Gasteiger partial charge in [-0.25, -0.2) is 14.4 Å². The summed E-state index contributed by atoms with van der Waals surface area (Å²) in [6.07, 6.45) is 4.93. The molecule has 31 heavy (non-hydrogen) atoms. The van der Waals surface area contributed by atoms with Crippen molar-refractivity contribution in [1.82, 2.24) is 14.5 Å². The summed E-state index contributed by atoms with van der Waals surface area (Å²) in [4.78, 5) is 33.4. The van der Waals surface area contributed by atoms with Crippen LogP contribution < -0.4 is 10.6 Å². The number of thioether (sulfide) groups is 1. The summed E-state index contributed by atoms with van der Waals surface area (Å²) >= 11 is 2.70. The van der Waals surface area contributed by atoms with E-state index in [1.54, 1.807) is 52.5 Å². The van der Waals surface area contributed by atoms with Gasteiger partial charge in [0.15, 0.2) is 10.3 Å². The fourth-order valence-corrected chi connectivity index (χ4v) is 3.90. The van der Waals surface area contributed by atoms with Crippen LogP contribution in [0.5, 0.6) is 0 Å². The molecule has 4 rings (SSSR count). The van der Waals surface area contributed by atoms with E-state index in [2.05, 4.69) is 20.6 Å². The molecule has 0 fully saturated rings. The van der Waals surface area contributed by atoms with E-state index < -0.39 is 0 Å². The van der Waals surface area contributed by atoms with E-state index in [4.69, 9.17) is 0 Å². The lowest BCUT2D eigenvalue weighted by Crippen LogP contribution is -2.17. The maximum Gasteiger partial charge on any atom is 0.274 e. The van der Waals surface area contributed by atoms with Gasteiger partial charge in [0.2, 0.25) is 0 Å². The second-order valence-electron chi connectivity index (χ2n) is 6.26. The Kier molecular flexibility index (Phi) is 6.10. The van der Waals surface area contributed by atoms with Gasteiger partial charge < -0.3 is 5.32 Å². The lowest BCUT2D eigenvalue weighted by atomic mass is 10.2. The number of aromatic nitrogens is 3. The quantitative estimate of drug-likeness (QED) is 0.413. The molecule has 156 valence electrons. The highest BCUT2D eigenvalue weighted by atomic mass is 32.2. The van der Waals surface area contributed by atoms with Crippen LogP contribution in [-0.4, -0.2) is 32.6 Å². The van der Waals surface area contributed by atoms with Gasteiger partial charge in [0.1, 0.15) is 11.5 Å². The molecular formula is C21H16FN5O2S2. The largest absolute Gasteiger partial charge is 0.321 e. The number of benzene rings is 2. The molecule has 0 bridgehead atoms. The zero-order valence-corrected chi connectivity index (χ0v) is 17.8. The Balaban J connectivity index is 1.51. The molecule has 4 aromatic rings. The highest BCUT2D eigenvalue weighted by Crippen LogP contribution is 2.23. The average Bonchev–Trinajstić information content (AvgIpc) is 3.44. The van der Waals surface area contributed by atoms with Gasteiger partial charge >= 0.3 is 0 Å². The topological polar surface area (TPSA) is 88.9 Å². The number of nitrogens with one attached hydrogen (secondary N) is 2. The summed E-state index contributed by atoms with van der Waals surface area (Å²) in [7, 11) is 0. The monoisotopic (exact) mass is 453 g/mol. The minimum atomic E-state index is -0.378. The van der Waals surface area contributed by atoms with Crippen molar-refractivity contribution in [2.24, 2.45) is 0 Å². The summed E-state index contributed by atoms with van der Waals surface area (Å²) in [5, 5.41) is 8.40. The van der Waals surface area contributed by atoms with E-state index >= 15 is 0 Å². The summed E-state index contributed by atoms with van der Waals surface area (Å²) in [5.74, 6) is -1.02. The lowest BCUT2D eigenvalue weighted by Gasteiger charge is -2.11.